The first kappa shape index (κ1) is 37.0. The van der Waals surface area contributed by atoms with Crippen LogP contribution in [0.3, 0.4) is 0 Å². The van der Waals surface area contributed by atoms with Gasteiger partial charge in [0.25, 0.3) is 13.9 Å². The first-order valence-corrected chi connectivity index (χ1v) is 21.3. The number of hydrogen-bond acceptors (Lipinski definition) is 6. The Bertz CT molecular complexity index is 1690. The Hall–Kier alpha value is -3.31. The van der Waals surface area contributed by atoms with Gasteiger partial charge in [-0.15, -0.1) is 0 Å². The van der Waals surface area contributed by atoms with Crippen LogP contribution in [0.1, 0.15) is 53.3 Å². The number of likely N-dealkylation sites (tertiary alicyclic amines) is 1. The van der Waals surface area contributed by atoms with Crippen molar-refractivity contribution in [3.8, 4) is 0 Å². The Morgan fingerprint density at radius 2 is 1.45 bits per heavy atom. The number of halogens is 3. The van der Waals surface area contributed by atoms with Crippen LogP contribution in [0.4, 0.5) is 13.2 Å². The summed E-state index contributed by atoms with van der Waals surface area (Å²) in [7, 11) is -5.76. The fourth-order valence-corrected chi connectivity index (χ4v) is 15.0. The van der Waals surface area contributed by atoms with Gasteiger partial charge in [0.1, 0.15) is 12.2 Å². The van der Waals surface area contributed by atoms with Crippen molar-refractivity contribution in [2.45, 2.75) is 108 Å². The third kappa shape index (κ3) is 6.53. The smallest absolute Gasteiger partial charge is 0.407 e. The van der Waals surface area contributed by atoms with Crippen molar-refractivity contribution in [3.05, 3.63) is 93.3 Å². The molecule has 1 aromatic heterocycles. The molecule has 2 aromatic carbocycles. The normalized spacial score (nSPS) is 22.9. The molecule has 2 fully saturated rings. The fourth-order valence-electron chi connectivity index (χ4n) is 7.58. The number of carbonyl (C=O) groups excluding carboxylic acids is 1. The number of aryl methyl sites for hydroxylation is 1. The van der Waals surface area contributed by atoms with E-state index in [1.165, 1.54) is 17.7 Å². The van der Waals surface area contributed by atoms with Crippen LogP contribution in [0.5, 0.6) is 0 Å². The van der Waals surface area contributed by atoms with Crippen molar-refractivity contribution in [2.24, 2.45) is 0 Å². The molecule has 266 valence electrons. The van der Waals surface area contributed by atoms with Crippen molar-refractivity contribution >= 4 is 32.9 Å². The van der Waals surface area contributed by atoms with Crippen molar-refractivity contribution in [1.82, 2.24) is 14.5 Å². The number of alkyl halides is 3. The molecule has 1 N–H and O–H groups in total. The predicted molar refractivity (Wildman–Crippen MR) is 186 cm³/mol. The van der Waals surface area contributed by atoms with E-state index in [2.05, 4.69) is 25.8 Å². The maximum atomic E-state index is 14.4. The van der Waals surface area contributed by atoms with E-state index in [0.717, 1.165) is 15.3 Å². The minimum atomic E-state index is -5.18. The highest BCUT2D eigenvalue weighted by molar-refractivity contribution is 6.99. The van der Waals surface area contributed by atoms with Crippen LogP contribution in [-0.4, -0.2) is 74.1 Å². The summed E-state index contributed by atoms with van der Waals surface area (Å²) in [4.78, 5) is 41.9. The maximum absolute atomic E-state index is 14.4. The standard InChI is InChI=1S/C35H46F3N3O6Si2/c1-8-48(9-2,10-3)47-29-27-28(46-31(29)40-21-23(4)30(42)39-33(40)44)26(41(27)32(43)35(36,37)38)22-45-49(34(5,6)7,24-17-13-11-14-18-24)25-19-15-12-16-20-25/h11-21,26-29,31H,8-10,22H2,1-7H3,(H,39,42,44). The second-order valence-corrected chi connectivity index (χ2v) is 23.1. The molecule has 5 atom stereocenters. The molecule has 0 radical (unpaired) electrons. The Labute approximate surface area is 286 Å². The Balaban J connectivity index is 1.63. The first-order chi connectivity index (χ1) is 23.0. The zero-order chi connectivity index (χ0) is 35.9. The van der Waals surface area contributed by atoms with E-state index in [9.17, 15) is 27.6 Å². The average molecular weight is 718 g/mol. The lowest BCUT2D eigenvalue weighted by Gasteiger charge is -2.54. The minimum Gasteiger partial charge on any atom is -0.407 e. The Morgan fingerprint density at radius 1 is 0.918 bits per heavy atom. The van der Waals surface area contributed by atoms with Crippen LogP contribution in [0.2, 0.25) is 23.2 Å². The molecule has 3 heterocycles. The highest BCUT2D eigenvalue weighted by Gasteiger charge is 2.67. The largest absolute Gasteiger partial charge is 0.471 e. The average Bonchev–Trinajstić information content (AvgIpc) is 3.36. The van der Waals surface area contributed by atoms with E-state index < -0.39 is 75.5 Å². The summed E-state index contributed by atoms with van der Waals surface area (Å²) >= 11 is 0. The van der Waals surface area contributed by atoms with Gasteiger partial charge in [0.2, 0.25) is 0 Å². The van der Waals surface area contributed by atoms with Gasteiger partial charge in [-0.3, -0.25) is 19.1 Å². The van der Waals surface area contributed by atoms with Gasteiger partial charge in [-0.1, -0.05) is 102 Å². The molecule has 0 saturated carbocycles. The Morgan fingerprint density at radius 3 is 1.92 bits per heavy atom. The molecule has 49 heavy (non-hydrogen) atoms. The summed E-state index contributed by atoms with van der Waals surface area (Å²) in [6, 6.07) is 19.1. The molecule has 2 aliphatic rings. The van der Waals surface area contributed by atoms with Crippen LogP contribution in [-0.2, 0) is 18.4 Å². The summed E-state index contributed by atoms with van der Waals surface area (Å²) < 4.78 is 64.7. The molecular formula is C35H46F3N3O6Si2. The number of benzene rings is 2. The van der Waals surface area contributed by atoms with Gasteiger partial charge >= 0.3 is 17.8 Å². The maximum Gasteiger partial charge on any atom is 0.471 e. The van der Waals surface area contributed by atoms with Crippen LogP contribution in [0.15, 0.2) is 76.4 Å². The second kappa shape index (κ2) is 13.8. The molecule has 0 aliphatic carbocycles. The van der Waals surface area contributed by atoms with Crippen LogP contribution in [0, 0.1) is 6.92 Å². The number of hydrogen-bond donors (Lipinski definition) is 1. The number of nitrogens with zero attached hydrogens (tertiary/aromatic N) is 2. The monoisotopic (exact) mass is 717 g/mol. The number of carbonyl (C=O) groups is 1. The Kier molecular flexibility index (Phi) is 10.4. The van der Waals surface area contributed by atoms with Gasteiger partial charge in [-0.05, 0) is 40.5 Å². The van der Waals surface area contributed by atoms with Crippen molar-refractivity contribution < 1.29 is 31.6 Å². The lowest BCUT2D eigenvalue weighted by atomic mass is 9.87. The van der Waals surface area contributed by atoms with E-state index in [4.69, 9.17) is 13.6 Å². The van der Waals surface area contributed by atoms with E-state index in [1.54, 1.807) is 0 Å². The van der Waals surface area contributed by atoms with E-state index >= 15 is 0 Å². The predicted octanol–water partition coefficient (Wildman–Crippen LogP) is 4.85. The summed E-state index contributed by atoms with van der Waals surface area (Å²) in [6.45, 7) is 13.4. The fraction of sp³-hybridized carbons (Fsp3) is 0.514. The first-order valence-electron chi connectivity index (χ1n) is 16.8. The van der Waals surface area contributed by atoms with Gasteiger partial charge < -0.3 is 18.5 Å². The topological polar surface area (TPSA) is 103 Å². The van der Waals surface area contributed by atoms with Gasteiger partial charge in [0.05, 0.1) is 18.7 Å². The quantitative estimate of drug-likeness (QED) is 0.285. The van der Waals surface area contributed by atoms with E-state index in [-0.39, 0.29) is 12.2 Å². The van der Waals surface area contributed by atoms with Crippen LogP contribution >= 0.6 is 0 Å². The molecule has 0 spiro atoms. The third-order valence-electron chi connectivity index (χ3n) is 10.4. The lowest BCUT2D eigenvalue weighted by molar-refractivity contribution is -0.213. The number of H-pyrrole nitrogens is 1. The van der Waals surface area contributed by atoms with Crippen LogP contribution < -0.4 is 21.6 Å². The number of aromatic nitrogens is 2. The zero-order valence-electron chi connectivity index (χ0n) is 29.0. The molecule has 2 saturated heterocycles. The number of nitrogens with one attached hydrogen (secondary N) is 1. The number of fused-ring (bicyclic) bond motifs is 1. The van der Waals surface area contributed by atoms with Crippen molar-refractivity contribution in [1.29, 1.82) is 0 Å². The summed E-state index contributed by atoms with van der Waals surface area (Å²) in [5.41, 5.74) is -1.13. The summed E-state index contributed by atoms with van der Waals surface area (Å²) in [5, 5.41) is 1.40. The van der Waals surface area contributed by atoms with Gasteiger partial charge in [-0.2, -0.15) is 13.2 Å². The summed E-state index contributed by atoms with van der Waals surface area (Å²) in [5.74, 6) is -2.01. The second-order valence-electron chi connectivity index (χ2n) is 14.0. The molecule has 2 aliphatic heterocycles. The molecule has 0 bridgehead atoms. The van der Waals surface area contributed by atoms with Crippen LogP contribution in [0.25, 0.3) is 0 Å². The number of ether oxygens (including phenoxy) is 1. The van der Waals surface area contributed by atoms with Crippen molar-refractivity contribution in [3.63, 3.8) is 0 Å². The zero-order valence-corrected chi connectivity index (χ0v) is 31.0. The molecule has 3 aromatic rings. The lowest BCUT2D eigenvalue weighted by Crippen LogP contribution is -2.75. The number of amides is 1. The van der Waals surface area contributed by atoms with Gasteiger partial charge in [0, 0.05) is 11.8 Å². The molecular weight excluding hydrogens is 672 g/mol. The molecule has 14 heteroatoms. The van der Waals surface area contributed by atoms with Gasteiger partial charge in [0.15, 0.2) is 14.5 Å². The van der Waals surface area contributed by atoms with E-state index in [0.29, 0.717) is 18.1 Å². The molecule has 5 rings (SSSR count). The third-order valence-corrected chi connectivity index (χ3v) is 20.1. The number of aromatic amines is 1. The highest BCUT2D eigenvalue weighted by Crippen LogP contribution is 2.48. The molecule has 1 amide bonds. The van der Waals surface area contributed by atoms with Gasteiger partial charge in [-0.25, -0.2) is 4.79 Å². The minimum absolute atomic E-state index is 0.223. The molecule has 9 nitrogen and oxygen atoms in total. The van der Waals surface area contributed by atoms with E-state index in [1.807, 2.05) is 81.4 Å². The summed E-state index contributed by atoms with van der Waals surface area (Å²) in [6.07, 6.45) is -7.05. The SMILES string of the molecule is CC[Si](CC)(CC)OC1C2C(OC1n1cc(C)c(=O)[nH]c1=O)C(CO[Si](c1ccccc1)(c1ccccc1)C(C)(C)C)N2C(=O)C(F)(F)F. The van der Waals surface area contributed by atoms with Crippen molar-refractivity contribution in [2.75, 3.05) is 6.61 Å². The molecule has 5 unspecified atom stereocenters. The highest BCUT2D eigenvalue weighted by atomic mass is 28.4. The number of rotatable bonds is 11.